The number of rotatable bonds is 11. The van der Waals surface area contributed by atoms with Gasteiger partial charge in [-0.15, -0.1) is 0 Å². The Hall–Kier alpha value is -2.84. The lowest BCUT2D eigenvalue weighted by Gasteiger charge is -2.37. The second-order valence-electron chi connectivity index (χ2n) is 8.81. The highest BCUT2D eigenvalue weighted by Crippen LogP contribution is 2.32. The third-order valence-electron chi connectivity index (χ3n) is 6.39. The van der Waals surface area contributed by atoms with Gasteiger partial charge in [-0.2, -0.15) is 0 Å². The van der Waals surface area contributed by atoms with Gasteiger partial charge in [0.05, 0.1) is 6.04 Å². The van der Waals surface area contributed by atoms with Crippen LogP contribution in [0.15, 0.2) is 48.5 Å². The number of nitrogens with one attached hydrogen (secondary N) is 2. The Kier molecular flexibility index (Phi) is 9.97. The molecule has 0 bridgehead atoms. The van der Waals surface area contributed by atoms with Crippen LogP contribution in [0.5, 0.6) is 0 Å². The molecule has 2 aromatic rings. The third kappa shape index (κ3) is 7.60. The maximum absolute atomic E-state index is 13.5. The third-order valence-corrected chi connectivity index (χ3v) is 6.39. The van der Waals surface area contributed by atoms with E-state index >= 15 is 0 Å². The molecule has 3 rings (SSSR count). The van der Waals surface area contributed by atoms with E-state index in [9.17, 15) is 18.4 Å². The molecule has 1 aliphatic heterocycles. The van der Waals surface area contributed by atoms with Crippen molar-refractivity contribution in [1.29, 1.82) is 0 Å². The van der Waals surface area contributed by atoms with Gasteiger partial charge in [0.25, 0.3) is 0 Å². The minimum absolute atomic E-state index is 0.0495. The van der Waals surface area contributed by atoms with E-state index in [0.717, 1.165) is 43.2 Å². The van der Waals surface area contributed by atoms with E-state index in [1.807, 2.05) is 0 Å². The summed E-state index contributed by atoms with van der Waals surface area (Å²) in [5.74, 6) is -0.952. The lowest BCUT2D eigenvalue weighted by molar-refractivity contribution is -0.129. The van der Waals surface area contributed by atoms with Crippen LogP contribution in [-0.4, -0.2) is 41.6 Å². The minimum atomic E-state index is -0.374. The van der Waals surface area contributed by atoms with Crippen molar-refractivity contribution in [3.63, 3.8) is 0 Å². The molecule has 0 atom stereocenters. The van der Waals surface area contributed by atoms with Crippen LogP contribution in [0, 0.1) is 17.6 Å². The van der Waals surface area contributed by atoms with Crippen molar-refractivity contribution in [2.45, 2.75) is 51.0 Å². The predicted molar refractivity (Wildman–Crippen MR) is 125 cm³/mol. The molecule has 1 fully saturated rings. The largest absolute Gasteiger partial charge is 0.356 e. The van der Waals surface area contributed by atoms with E-state index in [-0.39, 0.29) is 35.4 Å². The molecule has 1 aliphatic rings. The molecule has 184 valence electrons. The maximum atomic E-state index is 13.5. The van der Waals surface area contributed by atoms with Crippen molar-refractivity contribution in [2.24, 2.45) is 5.92 Å². The number of carbonyl (C=O) groups excluding carboxylic acids is 2. The first-order chi connectivity index (χ1) is 16.5. The summed E-state index contributed by atoms with van der Waals surface area (Å²) >= 11 is 0. The first-order valence-electron chi connectivity index (χ1n) is 11.9. The molecule has 0 aromatic heterocycles. The van der Waals surface area contributed by atoms with Crippen molar-refractivity contribution < 1.29 is 23.6 Å². The van der Waals surface area contributed by atoms with Gasteiger partial charge in [0.15, 0.2) is 0 Å². The van der Waals surface area contributed by atoms with Crippen molar-refractivity contribution in [3.05, 3.63) is 71.3 Å². The lowest BCUT2D eigenvalue weighted by Crippen LogP contribution is -2.42. The molecule has 0 aliphatic carbocycles. The normalized spacial score (nSPS) is 14.8. The van der Waals surface area contributed by atoms with Crippen LogP contribution in [0.25, 0.3) is 0 Å². The Morgan fingerprint density at radius 2 is 1.41 bits per heavy atom. The smallest absolute Gasteiger partial charge is 0.243 e. The summed E-state index contributed by atoms with van der Waals surface area (Å²) in [5.41, 5.74) is 3.50. The number of piperidine rings is 1. The van der Waals surface area contributed by atoms with Crippen LogP contribution in [0.1, 0.15) is 62.1 Å². The standard InChI is InChI=1S/C26H33F2N3O3/c27-22-10-6-19(7-11-22)25(20-8-12-23(28)13-9-20)31-17-14-21(15-18-31)26(33)29-16-4-2-1-3-5-24(32)30-34/h6-13,21,25,34H,1-5,14-18H2,(H,29,33)(H,30,32). The van der Waals surface area contributed by atoms with E-state index < -0.39 is 0 Å². The number of halogens is 2. The summed E-state index contributed by atoms with van der Waals surface area (Å²) in [7, 11) is 0. The molecule has 0 unspecified atom stereocenters. The number of amides is 2. The van der Waals surface area contributed by atoms with Crippen LogP contribution in [0.4, 0.5) is 8.78 Å². The van der Waals surface area contributed by atoms with Gasteiger partial charge >= 0.3 is 0 Å². The number of carbonyl (C=O) groups is 2. The molecule has 34 heavy (non-hydrogen) atoms. The first-order valence-corrected chi connectivity index (χ1v) is 11.9. The molecule has 2 aromatic carbocycles. The molecular formula is C26H33F2N3O3. The fraction of sp³-hybridized carbons (Fsp3) is 0.462. The number of hydroxylamine groups is 1. The van der Waals surface area contributed by atoms with Crippen LogP contribution < -0.4 is 10.8 Å². The zero-order chi connectivity index (χ0) is 24.3. The molecule has 0 radical (unpaired) electrons. The van der Waals surface area contributed by atoms with E-state index in [1.165, 1.54) is 24.3 Å². The highest BCUT2D eigenvalue weighted by Gasteiger charge is 2.30. The summed E-state index contributed by atoms with van der Waals surface area (Å²) < 4.78 is 27.0. The van der Waals surface area contributed by atoms with Crippen molar-refractivity contribution in [1.82, 2.24) is 15.7 Å². The van der Waals surface area contributed by atoms with Gasteiger partial charge in [-0.05, 0) is 74.2 Å². The van der Waals surface area contributed by atoms with Gasteiger partial charge in [-0.3, -0.25) is 19.7 Å². The first kappa shape index (κ1) is 25.8. The fourth-order valence-corrected chi connectivity index (χ4v) is 4.50. The summed E-state index contributed by atoms with van der Waals surface area (Å²) in [6.45, 7) is 2.04. The van der Waals surface area contributed by atoms with Gasteiger partial charge < -0.3 is 5.32 Å². The van der Waals surface area contributed by atoms with E-state index in [1.54, 1.807) is 29.7 Å². The molecule has 0 saturated carbocycles. The van der Waals surface area contributed by atoms with E-state index in [0.29, 0.717) is 32.5 Å². The zero-order valence-electron chi connectivity index (χ0n) is 19.3. The lowest BCUT2D eigenvalue weighted by atomic mass is 9.90. The summed E-state index contributed by atoms with van der Waals surface area (Å²) in [6, 6.07) is 12.7. The second kappa shape index (κ2) is 13.2. The monoisotopic (exact) mass is 473 g/mol. The molecule has 1 saturated heterocycles. The Labute approximate surface area is 199 Å². The van der Waals surface area contributed by atoms with Gasteiger partial charge in [-0.1, -0.05) is 37.1 Å². The second-order valence-corrected chi connectivity index (χ2v) is 8.81. The number of benzene rings is 2. The fourth-order valence-electron chi connectivity index (χ4n) is 4.50. The highest BCUT2D eigenvalue weighted by molar-refractivity contribution is 5.78. The average molecular weight is 474 g/mol. The van der Waals surface area contributed by atoms with Crippen molar-refractivity contribution >= 4 is 11.8 Å². The summed E-state index contributed by atoms with van der Waals surface area (Å²) in [4.78, 5) is 25.9. The molecule has 2 amide bonds. The SMILES string of the molecule is O=C(CCCCCCNC(=O)C1CCN(C(c2ccc(F)cc2)c2ccc(F)cc2)CC1)NO. The topological polar surface area (TPSA) is 81.7 Å². The molecule has 1 heterocycles. The van der Waals surface area contributed by atoms with Gasteiger partial charge in [0, 0.05) is 18.9 Å². The highest BCUT2D eigenvalue weighted by atomic mass is 19.1. The number of unbranched alkanes of at least 4 members (excludes halogenated alkanes) is 3. The van der Waals surface area contributed by atoms with Crippen LogP contribution in [0.3, 0.4) is 0 Å². The number of hydrogen-bond donors (Lipinski definition) is 3. The number of hydrogen-bond acceptors (Lipinski definition) is 4. The Morgan fingerprint density at radius 1 is 0.882 bits per heavy atom. The molecule has 0 spiro atoms. The van der Waals surface area contributed by atoms with Gasteiger partial charge in [0.1, 0.15) is 11.6 Å². The van der Waals surface area contributed by atoms with Gasteiger partial charge in [-0.25, -0.2) is 14.3 Å². The molecule has 6 nitrogen and oxygen atoms in total. The zero-order valence-corrected chi connectivity index (χ0v) is 19.3. The molecular weight excluding hydrogens is 440 g/mol. The Morgan fingerprint density at radius 3 is 1.94 bits per heavy atom. The van der Waals surface area contributed by atoms with Gasteiger partial charge in [0.2, 0.25) is 11.8 Å². The average Bonchev–Trinajstić information content (AvgIpc) is 2.86. The minimum Gasteiger partial charge on any atom is -0.356 e. The molecule has 8 heteroatoms. The Balaban J connectivity index is 1.48. The van der Waals surface area contributed by atoms with Crippen LogP contribution in [-0.2, 0) is 9.59 Å². The number of nitrogens with zero attached hydrogens (tertiary/aromatic N) is 1. The predicted octanol–water partition coefficient (Wildman–Crippen LogP) is 4.34. The quantitative estimate of drug-likeness (QED) is 0.258. The number of likely N-dealkylation sites (tertiary alicyclic amines) is 1. The summed E-state index contributed by atoms with van der Waals surface area (Å²) in [6.07, 6.45) is 5.09. The van der Waals surface area contributed by atoms with E-state index in [4.69, 9.17) is 5.21 Å². The Bertz CT molecular complexity index is 868. The van der Waals surface area contributed by atoms with Crippen molar-refractivity contribution in [3.8, 4) is 0 Å². The van der Waals surface area contributed by atoms with E-state index in [2.05, 4.69) is 10.2 Å². The van der Waals surface area contributed by atoms with Crippen LogP contribution >= 0.6 is 0 Å². The van der Waals surface area contributed by atoms with Crippen LogP contribution in [0.2, 0.25) is 0 Å². The maximum Gasteiger partial charge on any atom is 0.243 e. The van der Waals surface area contributed by atoms with Crippen molar-refractivity contribution in [2.75, 3.05) is 19.6 Å². The molecule has 3 N–H and O–H groups in total. The summed E-state index contributed by atoms with van der Waals surface area (Å²) in [5, 5.41) is 11.5.